The first kappa shape index (κ1) is 21.7. The predicted molar refractivity (Wildman–Crippen MR) is 110 cm³/mol. The zero-order chi connectivity index (χ0) is 24.0. The molecule has 2 aliphatic heterocycles. The van der Waals surface area contributed by atoms with Crippen LogP contribution in [0.25, 0.3) is 0 Å². The van der Waals surface area contributed by atoms with Crippen molar-refractivity contribution in [1.29, 1.82) is 0 Å². The molecule has 0 aliphatic carbocycles. The molecule has 4 rings (SSSR count). The molecule has 2 aromatic rings. The zero-order valence-corrected chi connectivity index (χ0v) is 17.4. The van der Waals surface area contributed by atoms with Crippen LogP contribution in [0.2, 0.25) is 0 Å². The van der Waals surface area contributed by atoms with E-state index in [1.807, 2.05) is 0 Å². The van der Waals surface area contributed by atoms with Gasteiger partial charge in [-0.05, 0) is 24.3 Å². The minimum Gasteiger partial charge on any atom is -0.508 e. The summed E-state index contributed by atoms with van der Waals surface area (Å²) >= 11 is 0. The van der Waals surface area contributed by atoms with Gasteiger partial charge in [-0.15, -0.1) is 0 Å². The van der Waals surface area contributed by atoms with Crippen LogP contribution in [-0.2, 0) is 9.59 Å². The Bertz CT molecular complexity index is 1230. The summed E-state index contributed by atoms with van der Waals surface area (Å²) in [4.78, 5) is 63.6. The fourth-order valence-electron chi connectivity index (χ4n) is 3.46. The zero-order valence-electron chi connectivity index (χ0n) is 17.4. The summed E-state index contributed by atoms with van der Waals surface area (Å²) in [5.74, 6) is -5.08. The van der Waals surface area contributed by atoms with Crippen LogP contribution in [0.4, 0.5) is 14.9 Å². The molecule has 2 aliphatic rings. The number of ether oxygens (including phenoxy) is 1. The number of likely N-dealkylation sites (N-methyl/N-ethyl adjacent to an activating group) is 2. The summed E-state index contributed by atoms with van der Waals surface area (Å²) in [5.41, 5.74) is -0.747. The highest BCUT2D eigenvalue weighted by molar-refractivity contribution is 6.34. The Balaban J connectivity index is 1.60. The van der Waals surface area contributed by atoms with E-state index in [2.05, 4.69) is 0 Å². The molecular weight excluding hydrogens is 437 g/mol. The molecule has 10 nitrogen and oxygen atoms in total. The van der Waals surface area contributed by atoms with Gasteiger partial charge < -0.3 is 9.84 Å². The number of halogens is 1. The number of urea groups is 1. The van der Waals surface area contributed by atoms with Gasteiger partial charge in [0.2, 0.25) is 0 Å². The Morgan fingerprint density at radius 2 is 1.42 bits per heavy atom. The molecule has 0 saturated carbocycles. The first-order chi connectivity index (χ1) is 15.6. The van der Waals surface area contributed by atoms with Crippen LogP contribution in [0.3, 0.4) is 0 Å². The monoisotopic (exact) mass is 453 g/mol. The van der Waals surface area contributed by atoms with E-state index < -0.39 is 53.4 Å². The summed E-state index contributed by atoms with van der Waals surface area (Å²) in [7, 11) is 2.30. The van der Waals surface area contributed by atoms with Gasteiger partial charge in [0.15, 0.2) is 0 Å². The molecule has 0 radical (unpaired) electrons. The number of amides is 6. The van der Waals surface area contributed by atoms with Gasteiger partial charge in [0.25, 0.3) is 23.6 Å². The van der Waals surface area contributed by atoms with Crippen molar-refractivity contribution in [2.75, 3.05) is 25.6 Å². The quantitative estimate of drug-likeness (QED) is 0.324. The van der Waals surface area contributed by atoms with E-state index in [9.17, 15) is 33.5 Å². The Labute approximate surface area is 186 Å². The summed E-state index contributed by atoms with van der Waals surface area (Å²) < 4.78 is 19.9. The molecule has 1 N–H and O–H groups in total. The van der Waals surface area contributed by atoms with Crippen molar-refractivity contribution in [3.05, 3.63) is 70.7 Å². The predicted octanol–water partition coefficient (Wildman–Crippen LogP) is 1.87. The normalized spacial score (nSPS) is 16.0. The number of carbonyl (C=O) groups is 5. The molecule has 1 fully saturated rings. The van der Waals surface area contributed by atoms with E-state index in [1.54, 1.807) is 12.1 Å². The molecule has 6 amide bonds. The molecule has 11 heteroatoms. The standard InChI is InChI=1S/C22H16FN3O7/c1-24-20(30)17(21(31)25(2)22(24)32)16(27)10-33-11-7-8-14(23)15(9-11)26-18(28)12-5-3-4-6-13(12)19(26)29/h3-9,27H,10H2,1-2H3. The molecule has 1 saturated heterocycles. The number of benzene rings is 2. The van der Waals surface area contributed by atoms with E-state index >= 15 is 0 Å². The first-order valence-electron chi connectivity index (χ1n) is 9.55. The van der Waals surface area contributed by atoms with Crippen LogP contribution in [0.15, 0.2) is 53.8 Å². The SMILES string of the molecule is CN1C(=O)C(=C(O)COc2ccc(F)c(N3C(=O)c4ccccc4C3=O)c2)C(=O)N(C)C1=O. The van der Waals surface area contributed by atoms with Crippen molar-refractivity contribution in [1.82, 2.24) is 9.80 Å². The van der Waals surface area contributed by atoms with Gasteiger partial charge in [0.1, 0.15) is 29.5 Å². The van der Waals surface area contributed by atoms with Gasteiger partial charge in [-0.3, -0.25) is 29.0 Å². The highest BCUT2D eigenvalue weighted by Crippen LogP contribution is 2.32. The van der Waals surface area contributed by atoms with Crippen LogP contribution < -0.4 is 9.64 Å². The second kappa shape index (κ2) is 7.86. The number of aliphatic hydroxyl groups excluding tert-OH is 1. The third-order valence-electron chi connectivity index (χ3n) is 5.23. The van der Waals surface area contributed by atoms with E-state index in [1.165, 1.54) is 18.2 Å². The van der Waals surface area contributed by atoms with E-state index in [0.717, 1.165) is 26.2 Å². The number of barbiturate groups is 1. The fourth-order valence-corrected chi connectivity index (χ4v) is 3.46. The lowest BCUT2D eigenvalue weighted by molar-refractivity contribution is -0.134. The largest absolute Gasteiger partial charge is 0.508 e. The molecule has 168 valence electrons. The van der Waals surface area contributed by atoms with Gasteiger partial charge in [0.05, 0.1) is 16.8 Å². The van der Waals surface area contributed by atoms with Crippen molar-refractivity contribution in [3.63, 3.8) is 0 Å². The molecule has 2 aromatic carbocycles. The Kier molecular flexibility index (Phi) is 5.16. The maximum Gasteiger partial charge on any atom is 0.333 e. The van der Waals surface area contributed by atoms with E-state index in [-0.39, 0.29) is 22.6 Å². The second-order valence-corrected chi connectivity index (χ2v) is 7.23. The summed E-state index contributed by atoms with van der Waals surface area (Å²) in [6.07, 6.45) is 0. The lowest BCUT2D eigenvalue weighted by Gasteiger charge is -2.29. The molecular formula is C22H16FN3O7. The number of anilines is 1. The van der Waals surface area contributed by atoms with Gasteiger partial charge in [-0.2, -0.15) is 0 Å². The molecule has 2 heterocycles. The highest BCUT2D eigenvalue weighted by atomic mass is 19.1. The molecule has 0 spiro atoms. The fraction of sp³-hybridized carbons (Fsp3) is 0.136. The smallest absolute Gasteiger partial charge is 0.333 e. The molecule has 0 aromatic heterocycles. The molecule has 33 heavy (non-hydrogen) atoms. The minimum absolute atomic E-state index is 0.0522. The van der Waals surface area contributed by atoms with Gasteiger partial charge in [0, 0.05) is 20.2 Å². The topological polar surface area (TPSA) is 125 Å². The third-order valence-corrected chi connectivity index (χ3v) is 5.23. The van der Waals surface area contributed by atoms with E-state index in [4.69, 9.17) is 4.74 Å². The molecule has 0 bridgehead atoms. The minimum atomic E-state index is -1.00. The first-order valence-corrected chi connectivity index (χ1v) is 9.55. The number of rotatable bonds is 4. The maximum absolute atomic E-state index is 14.5. The van der Waals surface area contributed by atoms with Crippen molar-refractivity contribution >= 4 is 35.3 Å². The van der Waals surface area contributed by atoms with Crippen molar-refractivity contribution < 1.29 is 38.2 Å². The summed E-state index contributed by atoms with van der Waals surface area (Å²) in [6, 6.07) is 8.44. The van der Waals surface area contributed by atoms with Crippen LogP contribution in [0, 0.1) is 5.82 Å². The number of imide groups is 3. The van der Waals surface area contributed by atoms with Crippen LogP contribution in [-0.4, -0.2) is 65.3 Å². The van der Waals surface area contributed by atoms with Crippen LogP contribution >= 0.6 is 0 Å². The number of fused-ring (bicyclic) bond motifs is 1. The maximum atomic E-state index is 14.5. The Hall–Kier alpha value is -4.54. The van der Waals surface area contributed by atoms with Crippen molar-refractivity contribution in [3.8, 4) is 5.75 Å². The van der Waals surface area contributed by atoms with Crippen molar-refractivity contribution in [2.24, 2.45) is 0 Å². The Morgan fingerprint density at radius 1 is 0.879 bits per heavy atom. The second-order valence-electron chi connectivity index (χ2n) is 7.23. The van der Waals surface area contributed by atoms with Crippen molar-refractivity contribution in [2.45, 2.75) is 0 Å². The number of hydrogen-bond acceptors (Lipinski definition) is 7. The van der Waals surface area contributed by atoms with Crippen LogP contribution in [0.1, 0.15) is 20.7 Å². The highest BCUT2D eigenvalue weighted by Gasteiger charge is 2.41. The summed E-state index contributed by atoms with van der Waals surface area (Å²) in [6.45, 7) is -0.671. The number of hydrogen-bond donors (Lipinski definition) is 1. The number of nitrogens with zero attached hydrogens (tertiary/aromatic N) is 3. The average Bonchev–Trinajstić information content (AvgIpc) is 3.06. The van der Waals surface area contributed by atoms with Gasteiger partial charge in [-0.1, -0.05) is 12.1 Å². The lowest BCUT2D eigenvalue weighted by Crippen LogP contribution is -2.53. The van der Waals surface area contributed by atoms with Gasteiger partial charge >= 0.3 is 6.03 Å². The number of aliphatic hydroxyl groups is 1. The lowest BCUT2D eigenvalue weighted by atomic mass is 10.1. The van der Waals surface area contributed by atoms with Gasteiger partial charge in [-0.25, -0.2) is 14.1 Å². The third kappa shape index (κ3) is 3.39. The Morgan fingerprint density at radius 3 is 1.97 bits per heavy atom. The average molecular weight is 453 g/mol. The van der Waals surface area contributed by atoms with Crippen LogP contribution in [0.5, 0.6) is 5.75 Å². The molecule has 0 unspecified atom stereocenters. The summed E-state index contributed by atoms with van der Waals surface area (Å²) in [5, 5.41) is 10.3. The molecule has 0 atom stereocenters. The van der Waals surface area contributed by atoms with E-state index in [0.29, 0.717) is 14.7 Å². The number of carbonyl (C=O) groups excluding carboxylic acids is 5.